The lowest BCUT2D eigenvalue weighted by Crippen LogP contribution is -2.68. The van der Waals surface area contributed by atoms with Gasteiger partial charge in [0.25, 0.3) is 0 Å². The van der Waals surface area contributed by atoms with Crippen molar-refractivity contribution in [1.29, 1.82) is 0 Å². The van der Waals surface area contributed by atoms with Crippen LogP contribution in [0.2, 0.25) is 0 Å². The Hall–Kier alpha value is -0.610. The third-order valence-corrected chi connectivity index (χ3v) is 3.95. The molecule has 1 heterocycles. The molecule has 1 saturated heterocycles. The molecule has 1 aliphatic carbocycles. The predicted molar refractivity (Wildman–Crippen MR) is 57.6 cm³/mol. The molecule has 0 aromatic heterocycles. The quantitative estimate of drug-likeness (QED) is 0.725. The van der Waals surface area contributed by atoms with Gasteiger partial charge in [0, 0.05) is 38.7 Å². The maximum Gasteiger partial charge on any atom is 0.222 e. The Morgan fingerprint density at radius 2 is 2.33 bits per heavy atom. The molecule has 1 saturated carbocycles. The number of hydrogen-bond acceptors (Lipinski definition) is 3. The highest BCUT2D eigenvalue weighted by Gasteiger charge is 2.55. The summed E-state index contributed by atoms with van der Waals surface area (Å²) in [5.41, 5.74) is 0.357. The fourth-order valence-corrected chi connectivity index (χ4v) is 2.85. The van der Waals surface area contributed by atoms with E-state index in [1.807, 2.05) is 0 Å². The van der Waals surface area contributed by atoms with E-state index in [4.69, 9.17) is 4.74 Å². The topological polar surface area (TPSA) is 41.6 Å². The van der Waals surface area contributed by atoms with Gasteiger partial charge in [-0.25, -0.2) is 0 Å². The minimum absolute atomic E-state index is 0.208. The second-order valence-electron chi connectivity index (χ2n) is 4.67. The van der Waals surface area contributed by atoms with Gasteiger partial charge in [0.1, 0.15) is 0 Å². The Morgan fingerprint density at radius 3 is 2.80 bits per heavy atom. The lowest BCUT2D eigenvalue weighted by atomic mass is 9.61. The molecule has 1 N–H and O–H groups in total. The molecule has 2 aliphatic rings. The first kappa shape index (κ1) is 10.9. The molecule has 0 aromatic rings. The Balaban J connectivity index is 1.78. The van der Waals surface area contributed by atoms with Crippen molar-refractivity contribution < 1.29 is 9.53 Å². The van der Waals surface area contributed by atoms with Crippen LogP contribution in [-0.4, -0.2) is 50.2 Å². The SMILES string of the molecule is CNC(=O)C1CC2(CCN2CCOC)C1. The number of carbonyl (C=O) groups is 1. The Kier molecular flexibility index (Phi) is 2.98. The lowest BCUT2D eigenvalue weighted by molar-refractivity contribution is -0.147. The van der Waals surface area contributed by atoms with Crippen molar-refractivity contribution in [3.63, 3.8) is 0 Å². The third kappa shape index (κ3) is 1.76. The van der Waals surface area contributed by atoms with Crippen LogP contribution in [-0.2, 0) is 9.53 Å². The summed E-state index contributed by atoms with van der Waals surface area (Å²) in [6, 6.07) is 0. The highest BCUT2D eigenvalue weighted by Crippen LogP contribution is 2.50. The standard InChI is InChI=1S/C11H20N2O2/c1-12-10(14)9-7-11(8-9)3-4-13(11)5-6-15-2/h9H,3-8H2,1-2H3,(H,12,14). The van der Waals surface area contributed by atoms with Crippen molar-refractivity contribution in [2.45, 2.75) is 24.8 Å². The van der Waals surface area contributed by atoms with Crippen LogP contribution in [0.1, 0.15) is 19.3 Å². The summed E-state index contributed by atoms with van der Waals surface area (Å²) >= 11 is 0. The fourth-order valence-electron chi connectivity index (χ4n) is 2.85. The summed E-state index contributed by atoms with van der Waals surface area (Å²) in [6.07, 6.45) is 3.33. The zero-order valence-electron chi connectivity index (χ0n) is 9.58. The maximum atomic E-state index is 11.4. The van der Waals surface area contributed by atoms with Crippen molar-refractivity contribution in [2.24, 2.45) is 5.92 Å². The first-order chi connectivity index (χ1) is 7.22. The average Bonchev–Trinajstić information content (AvgIpc) is 2.14. The molecule has 4 heteroatoms. The molecular formula is C11H20N2O2. The van der Waals surface area contributed by atoms with E-state index in [-0.39, 0.29) is 11.8 Å². The molecule has 4 nitrogen and oxygen atoms in total. The first-order valence-corrected chi connectivity index (χ1v) is 5.67. The van der Waals surface area contributed by atoms with E-state index >= 15 is 0 Å². The molecule has 1 aliphatic heterocycles. The number of methoxy groups -OCH3 is 1. The Morgan fingerprint density at radius 1 is 1.60 bits per heavy atom. The van der Waals surface area contributed by atoms with Gasteiger partial charge in [-0.15, -0.1) is 0 Å². The molecule has 0 aromatic carbocycles. The minimum Gasteiger partial charge on any atom is -0.383 e. The molecule has 15 heavy (non-hydrogen) atoms. The molecule has 0 unspecified atom stereocenters. The Bertz CT molecular complexity index is 249. The van der Waals surface area contributed by atoms with E-state index in [0.717, 1.165) is 26.0 Å². The van der Waals surface area contributed by atoms with Gasteiger partial charge in [0.2, 0.25) is 5.91 Å². The highest BCUT2D eigenvalue weighted by molar-refractivity contribution is 5.79. The second kappa shape index (κ2) is 4.10. The molecule has 0 atom stereocenters. The summed E-state index contributed by atoms with van der Waals surface area (Å²) in [4.78, 5) is 13.9. The molecule has 1 amide bonds. The first-order valence-electron chi connectivity index (χ1n) is 5.67. The number of amides is 1. The van der Waals surface area contributed by atoms with Crippen molar-refractivity contribution in [1.82, 2.24) is 10.2 Å². The molecule has 0 radical (unpaired) electrons. The summed E-state index contributed by atoms with van der Waals surface area (Å²) in [6.45, 7) is 2.98. The van der Waals surface area contributed by atoms with Crippen LogP contribution < -0.4 is 5.32 Å². The van der Waals surface area contributed by atoms with Gasteiger partial charge in [0.05, 0.1) is 6.61 Å². The van der Waals surface area contributed by atoms with Crippen molar-refractivity contribution in [3.05, 3.63) is 0 Å². The maximum absolute atomic E-state index is 11.4. The van der Waals surface area contributed by atoms with Gasteiger partial charge in [-0.3, -0.25) is 9.69 Å². The van der Waals surface area contributed by atoms with Crippen LogP contribution in [0, 0.1) is 5.92 Å². The lowest BCUT2D eigenvalue weighted by Gasteiger charge is -2.61. The van der Waals surface area contributed by atoms with E-state index in [1.165, 1.54) is 13.0 Å². The van der Waals surface area contributed by atoms with E-state index in [9.17, 15) is 4.79 Å². The number of hydrogen-bond donors (Lipinski definition) is 1. The van der Waals surface area contributed by atoms with Crippen molar-refractivity contribution >= 4 is 5.91 Å². The normalized spacial score (nSPS) is 34.7. The van der Waals surface area contributed by atoms with Gasteiger partial charge in [0.15, 0.2) is 0 Å². The van der Waals surface area contributed by atoms with Gasteiger partial charge in [-0.1, -0.05) is 0 Å². The highest BCUT2D eigenvalue weighted by atomic mass is 16.5. The van der Waals surface area contributed by atoms with Gasteiger partial charge in [-0.05, 0) is 19.3 Å². The number of nitrogens with one attached hydrogen (secondary N) is 1. The van der Waals surface area contributed by atoms with Gasteiger partial charge in [-0.2, -0.15) is 0 Å². The summed E-state index contributed by atoms with van der Waals surface area (Å²) < 4.78 is 5.08. The molecule has 86 valence electrons. The number of carbonyl (C=O) groups excluding carboxylic acids is 1. The number of rotatable bonds is 4. The zero-order valence-corrected chi connectivity index (χ0v) is 9.58. The zero-order chi connectivity index (χ0) is 10.9. The largest absolute Gasteiger partial charge is 0.383 e. The van der Waals surface area contributed by atoms with E-state index in [0.29, 0.717) is 5.54 Å². The summed E-state index contributed by atoms with van der Waals surface area (Å²) in [7, 11) is 3.46. The molecule has 2 fully saturated rings. The predicted octanol–water partition coefficient (Wildman–Crippen LogP) is 0.233. The van der Waals surface area contributed by atoms with E-state index in [1.54, 1.807) is 14.2 Å². The number of ether oxygens (including phenoxy) is 1. The van der Waals surface area contributed by atoms with Gasteiger partial charge < -0.3 is 10.1 Å². The van der Waals surface area contributed by atoms with Crippen LogP contribution in [0.25, 0.3) is 0 Å². The van der Waals surface area contributed by atoms with Crippen molar-refractivity contribution in [2.75, 3.05) is 33.9 Å². The molecular weight excluding hydrogens is 192 g/mol. The molecule has 2 rings (SSSR count). The van der Waals surface area contributed by atoms with Crippen LogP contribution in [0.15, 0.2) is 0 Å². The van der Waals surface area contributed by atoms with E-state index in [2.05, 4.69) is 10.2 Å². The van der Waals surface area contributed by atoms with Crippen molar-refractivity contribution in [3.8, 4) is 0 Å². The van der Waals surface area contributed by atoms with Crippen LogP contribution in [0.4, 0.5) is 0 Å². The van der Waals surface area contributed by atoms with Gasteiger partial charge >= 0.3 is 0 Å². The monoisotopic (exact) mass is 212 g/mol. The average molecular weight is 212 g/mol. The van der Waals surface area contributed by atoms with Crippen LogP contribution >= 0.6 is 0 Å². The summed E-state index contributed by atoms with van der Waals surface area (Å²) in [5, 5.41) is 2.73. The minimum atomic E-state index is 0.208. The van der Waals surface area contributed by atoms with Crippen LogP contribution in [0.3, 0.4) is 0 Å². The Labute approximate surface area is 91.0 Å². The second-order valence-corrected chi connectivity index (χ2v) is 4.67. The third-order valence-electron chi connectivity index (χ3n) is 3.95. The number of nitrogens with zero attached hydrogens (tertiary/aromatic N) is 1. The van der Waals surface area contributed by atoms with E-state index < -0.39 is 0 Å². The van der Waals surface area contributed by atoms with Crippen LogP contribution in [0.5, 0.6) is 0 Å². The fraction of sp³-hybridized carbons (Fsp3) is 0.909. The summed E-state index contributed by atoms with van der Waals surface area (Å²) in [5.74, 6) is 0.458. The smallest absolute Gasteiger partial charge is 0.222 e. The molecule has 1 spiro atoms. The molecule has 0 bridgehead atoms. The number of likely N-dealkylation sites (tertiary alicyclic amines) is 1.